The van der Waals surface area contributed by atoms with Gasteiger partial charge in [-0.2, -0.15) is 0 Å². The van der Waals surface area contributed by atoms with Crippen molar-refractivity contribution in [3.63, 3.8) is 0 Å². The minimum Gasteiger partial charge on any atom is -0.490 e. The standard InChI is InChI=1S/C20H27N3O3/c1-23-9-8-22-20(23)19-16(6-3-10-26-19)14-21-13-15-5-2-7-17-18(15)25-12-4-11-24-17/h2,5,7-9,16,19,21H,3-4,6,10-14H2,1H3/t16-,19+/m0/s1. The van der Waals surface area contributed by atoms with Crippen LogP contribution >= 0.6 is 0 Å². The number of nitrogens with one attached hydrogen (secondary N) is 1. The molecule has 140 valence electrons. The number of hydrogen-bond acceptors (Lipinski definition) is 5. The smallest absolute Gasteiger partial charge is 0.165 e. The molecule has 1 fully saturated rings. The summed E-state index contributed by atoms with van der Waals surface area (Å²) in [5.41, 5.74) is 1.15. The van der Waals surface area contributed by atoms with Crippen LogP contribution in [0.1, 0.15) is 36.8 Å². The maximum absolute atomic E-state index is 6.06. The summed E-state index contributed by atoms with van der Waals surface area (Å²) in [6.45, 7) is 3.89. The second-order valence-corrected chi connectivity index (χ2v) is 7.02. The highest BCUT2D eigenvalue weighted by atomic mass is 16.5. The molecule has 2 aliphatic heterocycles. The molecule has 0 aliphatic carbocycles. The van der Waals surface area contributed by atoms with Gasteiger partial charge in [0, 0.05) is 57.0 Å². The lowest BCUT2D eigenvalue weighted by Crippen LogP contribution is -2.33. The fraction of sp³-hybridized carbons (Fsp3) is 0.550. The average molecular weight is 357 g/mol. The summed E-state index contributed by atoms with van der Waals surface area (Å²) in [4.78, 5) is 4.50. The molecule has 0 amide bonds. The normalized spacial score (nSPS) is 22.8. The van der Waals surface area contributed by atoms with Gasteiger partial charge in [-0.3, -0.25) is 0 Å². The molecule has 6 nitrogen and oxygen atoms in total. The number of aryl methyl sites for hydroxylation is 1. The summed E-state index contributed by atoms with van der Waals surface area (Å²) in [7, 11) is 2.03. The van der Waals surface area contributed by atoms with Crippen LogP contribution in [-0.2, 0) is 18.3 Å². The Labute approximate surface area is 154 Å². The van der Waals surface area contributed by atoms with Gasteiger partial charge in [-0.25, -0.2) is 4.98 Å². The van der Waals surface area contributed by atoms with Gasteiger partial charge in [-0.15, -0.1) is 0 Å². The third-order valence-corrected chi connectivity index (χ3v) is 5.13. The van der Waals surface area contributed by atoms with Crippen molar-refractivity contribution in [2.24, 2.45) is 13.0 Å². The minimum atomic E-state index is 0.0590. The van der Waals surface area contributed by atoms with E-state index >= 15 is 0 Å². The Kier molecular flexibility index (Phi) is 5.41. The van der Waals surface area contributed by atoms with Gasteiger partial charge in [-0.1, -0.05) is 12.1 Å². The van der Waals surface area contributed by atoms with Gasteiger partial charge < -0.3 is 24.1 Å². The lowest BCUT2D eigenvalue weighted by molar-refractivity contribution is -0.0344. The Bertz CT molecular complexity index is 731. The molecule has 1 N–H and O–H groups in total. The van der Waals surface area contributed by atoms with E-state index < -0.39 is 0 Å². The highest BCUT2D eigenvalue weighted by Gasteiger charge is 2.30. The molecule has 2 atom stereocenters. The highest BCUT2D eigenvalue weighted by Crippen LogP contribution is 2.34. The van der Waals surface area contributed by atoms with Crippen LogP contribution < -0.4 is 14.8 Å². The molecular weight excluding hydrogens is 330 g/mol. The van der Waals surface area contributed by atoms with E-state index in [1.807, 2.05) is 31.6 Å². The van der Waals surface area contributed by atoms with E-state index in [0.717, 1.165) is 61.8 Å². The Hall–Kier alpha value is -2.05. The van der Waals surface area contributed by atoms with Gasteiger partial charge in [-0.05, 0) is 18.9 Å². The monoisotopic (exact) mass is 357 g/mol. The molecule has 1 aromatic carbocycles. The zero-order valence-electron chi connectivity index (χ0n) is 15.3. The van der Waals surface area contributed by atoms with E-state index in [2.05, 4.69) is 20.9 Å². The number of hydrogen-bond donors (Lipinski definition) is 1. The first-order valence-electron chi connectivity index (χ1n) is 9.50. The fourth-order valence-electron chi connectivity index (χ4n) is 3.77. The summed E-state index contributed by atoms with van der Waals surface area (Å²) in [5, 5.41) is 3.60. The predicted molar refractivity (Wildman–Crippen MR) is 98.4 cm³/mol. The average Bonchev–Trinajstić information content (AvgIpc) is 2.94. The van der Waals surface area contributed by atoms with Crippen LogP contribution in [-0.4, -0.2) is 35.9 Å². The Morgan fingerprint density at radius 3 is 3.00 bits per heavy atom. The van der Waals surface area contributed by atoms with Crippen LogP contribution in [0.5, 0.6) is 11.5 Å². The molecule has 0 saturated carbocycles. The first-order chi connectivity index (χ1) is 12.8. The van der Waals surface area contributed by atoms with Crippen molar-refractivity contribution in [2.75, 3.05) is 26.4 Å². The van der Waals surface area contributed by atoms with Crippen molar-refractivity contribution < 1.29 is 14.2 Å². The van der Waals surface area contributed by atoms with Crippen LogP contribution in [0, 0.1) is 5.92 Å². The van der Waals surface area contributed by atoms with Crippen LogP contribution in [0.3, 0.4) is 0 Å². The second kappa shape index (κ2) is 8.10. The van der Waals surface area contributed by atoms with Gasteiger partial charge in [0.15, 0.2) is 11.5 Å². The molecule has 4 rings (SSSR count). The van der Waals surface area contributed by atoms with E-state index in [1.165, 1.54) is 0 Å². The number of aromatic nitrogens is 2. The van der Waals surface area contributed by atoms with Crippen molar-refractivity contribution in [3.8, 4) is 11.5 Å². The number of nitrogens with zero attached hydrogens (tertiary/aromatic N) is 2. The number of ether oxygens (including phenoxy) is 3. The number of fused-ring (bicyclic) bond motifs is 1. The van der Waals surface area contributed by atoms with Gasteiger partial charge in [0.05, 0.1) is 13.2 Å². The minimum absolute atomic E-state index is 0.0590. The topological polar surface area (TPSA) is 57.5 Å². The zero-order valence-corrected chi connectivity index (χ0v) is 15.3. The van der Waals surface area contributed by atoms with Crippen LogP contribution in [0.2, 0.25) is 0 Å². The quantitative estimate of drug-likeness (QED) is 0.892. The van der Waals surface area contributed by atoms with E-state index in [1.54, 1.807) is 0 Å². The third kappa shape index (κ3) is 3.71. The third-order valence-electron chi connectivity index (χ3n) is 5.13. The number of imidazole rings is 1. The molecule has 3 heterocycles. The lowest BCUT2D eigenvalue weighted by Gasteiger charge is -2.31. The van der Waals surface area contributed by atoms with Crippen molar-refractivity contribution in [2.45, 2.75) is 31.9 Å². The molecule has 0 spiro atoms. The number of benzene rings is 1. The van der Waals surface area contributed by atoms with E-state index in [-0.39, 0.29) is 6.10 Å². The van der Waals surface area contributed by atoms with Crippen molar-refractivity contribution >= 4 is 0 Å². The van der Waals surface area contributed by atoms with Crippen molar-refractivity contribution in [3.05, 3.63) is 42.0 Å². The van der Waals surface area contributed by atoms with Crippen molar-refractivity contribution in [1.82, 2.24) is 14.9 Å². The predicted octanol–water partition coefficient (Wildman–Crippen LogP) is 2.84. The Balaban J connectivity index is 1.40. The summed E-state index contributed by atoms with van der Waals surface area (Å²) in [5.74, 6) is 3.18. The zero-order chi connectivity index (χ0) is 17.8. The van der Waals surface area contributed by atoms with Crippen molar-refractivity contribution in [1.29, 1.82) is 0 Å². The second-order valence-electron chi connectivity index (χ2n) is 7.02. The highest BCUT2D eigenvalue weighted by molar-refractivity contribution is 5.47. The maximum Gasteiger partial charge on any atom is 0.165 e. The van der Waals surface area contributed by atoms with Crippen LogP contribution in [0.4, 0.5) is 0 Å². The molecule has 26 heavy (non-hydrogen) atoms. The molecule has 0 bridgehead atoms. The van der Waals surface area contributed by atoms with E-state index in [9.17, 15) is 0 Å². The molecule has 2 aliphatic rings. The molecule has 2 aromatic rings. The summed E-state index contributed by atoms with van der Waals surface area (Å²) < 4.78 is 19.8. The van der Waals surface area contributed by atoms with Gasteiger partial charge in [0.2, 0.25) is 0 Å². The van der Waals surface area contributed by atoms with Gasteiger partial charge in [0.1, 0.15) is 11.9 Å². The number of para-hydroxylation sites is 1. The SMILES string of the molecule is Cn1ccnc1[C@@H]1OCCC[C@H]1CNCc1cccc2c1OCCCO2. The molecule has 1 saturated heterocycles. The largest absolute Gasteiger partial charge is 0.490 e. The summed E-state index contributed by atoms with van der Waals surface area (Å²) in [6.07, 6.45) is 7.06. The first-order valence-corrected chi connectivity index (χ1v) is 9.50. The van der Waals surface area contributed by atoms with E-state index in [0.29, 0.717) is 19.1 Å². The van der Waals surface area contributed by atoms with Gasteiger partial charge >= 0.3 is 0 Å². The fourth-order valence-corrected chi connectivity index (χ4v) is 3.77. The van der Waals surface area contributed by atoms with E-state index in [4.69, 9.17) is 14.2 Å². The molecule has 0 unspecified atom stereocenters. The molecular formula is C20H27N3O3. The van der Waals surface area contributed by atoms with Crippen LogP contribution in [0.25, 0.3) is 0 Å². The summed E-state index contributed by atoms with van der Waals surface area (Å²) >= 11 is 0. The Morgan fingerprint density at radius 2 is 2.12 bits per heavy atom. The van der Waals surface area contributed by atoms with Crippen LogP contribution in [0.15, 0.2) is 30.6 Å². The molecule has 1 aromatic heterocycles. The first kappa shape index (κ1) is 17.4. The van der Waals surface area contributed by atoms with Gasteiger partial charge in [0.25, 0.3) is 0 Å². The lowest BCUT2D eigenvalue weighted by atomic mass is 9.93. The maximum atomic E-state index is 6.06. The molecule has 6 heteroatoms. The Morgan fingerprint density at radius 1 is 1.19 bits per heavy atom. The molecule has 0 radical (unpaired) electrons. The number of rotatable bonds is 5. The summed E-state index contributed by atoms with van der Waals surface area (Å²) in [6, 6.07) is 6.12.